The Balaban J connectivity index is 2.09. The summed E-state index contributed by atoms with van der Waals surface area (Å²) >= 11 is 0. The number of nitrogens with zero attached hydrogens (tertiary/aromatic N) is 1. The number of benzene rings is 1. The quantitative estimate of drug-likeness (QED) is 0.776. The lowest BCUT2D eigenvalue weighted by atomic mass is 10.1. The highest BCUT2D eigenvalue weighted by Gasteiger charge is 2.14. The lowest BCUT2D eigenvalue weighted by Crippen LogP contribution is -2.24. The summed E-state index contributed by atoms with van der Waals surface area (Å²) in [6.07, 6.45) is 3.89. The van der Waals surface area contributed by atoms with Crippen LogP contribution in [-0.4, -0.2) is 36.6 Å². The third-order valence-corrected chi connectivity index (χ3v) is 3.49. The van der Waals surface area contributed by atoms with E-state index < -0.39 is 0 Å². The van der Waals surface area contributed by atoms with E-state index in [1.54, 1.807) is 0 Å². The van der Waals surface area contributed by atoms with Crippen LogP contribution in [0.5, 0.6) is 5.75 Å². The van der Waals surface area contributed by atoms with Crippen molar-refractivity contribution in [2.75, 3.05) is 26.7 Å². The molecule has 0 unspecified atom stereocenters. The Hall–Kier alpha value is -1.55. The molecule has 4 heteroatoms. The number of hydrogen-bond acceptors (Lipinski definition) is 2. The average Bonchev–Trinajstić information content (AvgIpc) is 2.74. The van der Waals surface area contributed by atoms with Crippen LogP contribution in [0.15, 0.2) is 18.3 Å². The van der Waals surface area contributed by atoms with Crippen molar-refractivity contribution in [3.8, 4) is 5.75 Å². The van der Waals surface area contributed by atoms with Gasteiger partial charge in [-0.25, -0.2) is 4.39 Å². The molecule has 0 saturated carbocycles. The zero-order valence-electron chi connectivity index (χ0n) is 10.5. The number of rotatable bonds is 0. The third kappa shape index (κ3) is 2.08. The van der Waals surface area contributed by atoms with Crippen molar-refractivity contribution in [3.63, 3.8) is 0 Å². The van der Waals surface area contributed by atoms with Crippen molar-refractivity contribution in [1.82, 2.24) is 9.88 Å². The van der Waals surface area contributed by atoms with Crippen LogP contribution in [0.1, 0.15) is 12.0 Å². The number of aromatic amines is 1. The van der Waals surface area contributed by atoms with E-state index in [9.17, 15) is 4.39 Å². The van der Waals surface area contributed by atoms with Gasteiger partial charge in [-0.2, -0.15) is 0 Å². The first-order valence-electron chi connectivity index (χ1n) is 6.35. The SMILES string of the molecule is CN1CCCOc2cc(F)cc3[nH]cc(c23)CC1. The normalized spacial score (nSPS) is 17.7. The summed E-state index contributed by atoms with van der Waals surface area (Å²) in [6, 6.07) is 3.02. The lowest BCUT2D eigenvalue weighted by Gasteiger charge is -2.19. The summed E-state index contributed by atoms with van der Waals surface area (Å²) < 4.78 is 19.2. The Labute approximate surface area is 106 Å². The van der Waals surface area contributed by atoms with Gasteiger partial charge >= 0.3 is 0 Å². The molecule has 2 aromatic rings. The van der Waals surface area contributed by atoms with Gasteiger partial charge in [-0.3, -0.25) is 0 Å². The smallest absolute Gasteiger partial charge is 0.131 e. The maximum Gasteiger partial charge on any atom is 0.131 e. The van der Waals surface area contributed by atoms with Gasteiger partial charge in [-0.05, 0) is 31.5 Å². The molecule has 1 aliphatic rings. The molecule has 0 bridgehead atoms. The molecule has 18 heavy (non-hydrogen) atoms. The summed E-state index contributed by atoms with van der Waals surface area (Å²) in [6.45, 7) is 2.66. The summed E-state index contributed by atoms with van der Waals surface area (Å²) in [5.41, 5.74) is 2.02. The van der Waals surface area contributed by atoms with Crippen molar-refractivity contribution in [1.29, 1.82) is 0 Å². The summed E-state index contributed by atoms with van der Waals surface area (Å²) in [5.74, 6) is 0.422. The van der Waals surface area contributed by atoms with E-state index in [1.807, 2.05) is 6.20 Å². The molecular weight excluding hydrogens is 231 g/mol. The van der Waals surface area contributed by atoms with Gasteiger partial charge in [0.1, 0.15) is 11.6 Å². The Bertz CT molecular complexity index is 564. The molecular formula is C14H17FN2O. The van der Waals surface area contributed by atoms with Gasteiger partial charge in [0.05, 0.1) is 12.1 Å². The predicted molar refractivity (Wildman–Crippen MR) is 69.6 cm³/mol. The number of H-pyrrole nitrogens is 1. The van der Waals surface area contributed by atoms with Crippen LogP contribution in [-0.2, 0) is 6.42 Å². The first-order valence-corrected chi connectivity index (χ1v) is 6.35. The molecule has 0 atom stereocenters. The fourth-order valence-corrected chi connectivity index (χ4v) is 2.51. The molecule has 0 amide bonds. The second-order valence-electron chi connectivity index (χ2n) is 4.90. The first-order chi connectivity index (χ1) is 8.74. The van der Waals surface area contributed by atoms with Crippen LogP contribution in [0.3, 0.4) is 0 Å². The van der Waals surface area contributed by atoms with E-state index in [4.69, 9.17) is 4.74 Å². The van der Waals surface area contributed by atoms with E-state index in [0.717, 1.165) is 36.8 Å². The van der Waals surface area contributed by atoms with Crippen molar-refractivity contribution in [2.24, 2.45) is 0 Å². The highest BCUT2D eigenvalue weighted by molar-refractivity contribution is 5.89. The van der Waals surface area contributed by atoms with Gasteiger partial charge in [0.2, 0.25) is 0 Å². The number of nitrogens with one attached hydrogen (secondary N) is 1. The molecule has 96 valence electrons. The largest absolute Gasteiger partial charge is 0.493 e. The maximum absolute atomic E-state index is 13.5. The van der Waals surface area contributed by atoms with E-state index in [2.05, 4.69) is 16.9 Å². The number of halogens is 1. The van der Waals surface area contributed by atoms with Crippen LogP contribution in [0.2, 0.25) is 0 Å². The monoisotopic (exact) mass is 248 g/mol. The van der Waals surface area contributed by atoms with E-state index in [0.29, 0.717) is 12.4 Å². The van der Waals surface area contributed by atoms with Crippen LogP contribution >= 0.6 is 0 Å². The molecule has 0 fully saturated rings. The summed E-state index contributed by atoms with van der Waals surface area (Å²) in [5, 5.41) is 1.03. The van der Waals surface area contributed by atoms with Crippen LogP contribution in [0.25, 0.3) is 10.9 Å². The van der Waals surface area contributed by atoms with Crippen LogP contribution in [0.4, 0.5) is 4.39 Å². The molecule has 2 heterocycles. The maximum atomic E-state index is 13.5. The Kier molecular flexibility index (Phi) is 2.96. The zero-order chi connectivity index (χ0) is 12.5. The van der Waals surface area contributed by atoms with Crippen molar-refractivity contribution in [3.05, 3.63) is 29.7 Å². The number of aromatic nitrogens is 1. The van der Waals surface area contributed by atoms with Crippen molar-refractivity contribution < 1.29 is 9.13 Å². The molecule has 0 radical (unpaired) electrons. The Morgan fingerprint density at radius 1 is 1.33 bits per heavy atom. The topological polar surface area (TPSA) is 28.3 Å². The molecule has 1 aromatic carbocycles. The standard InChI is InChI=1S/C14H17FN2O/c1-17-4-2-6-18-13-8-11(15)7-12-14(13)10(3-5-17)9-16-12/h7-9,16H,2-6H2,1H3. The van der Waals surface area contributed by atoms with E-state index in [-0.39, 0.29) is 5.82 Å². The molecule has 3 nitrogen and oxygen atoms in total. The fourth-order valence-electron chi connectivity index (χ4n) is 2.51. The van der Waals surface area contributed by atoms with Gasteiger partial charge in [0, 0.05) is 30.7 Å². The van der Waals surface area contributed by atoms with Gasteiger partial charge in [0.15, 0.2) is 0 Å². The van der Waals surface area contributed by atoms with Gasteiger partial charge in [-0.1, -0.05) is 0 Å². The highest BCUT2D eigenvalue weighted by atomic mass is 19.1. The molecule has 1 aliphatic heterocycles. The predicted octanol–water partition coefficient (Wildman–Crippen LogP) is 2.56. The van der Waals surface area contributed by atoms with E-state index in [1.165, 1.54) is 17.7 Å². The van der Waals surface area contributed by atoms with Crippen LogP contribution < -0.4 is 4.74 Å². The minimum atomic E-state index is -0.250. The fraction of sp³-hybridized carbons (Fsp3) is 0.429. The average molecular weight is 248 g/mol. The third-order valence-electron chi connectivity index (χ3n) is 3.49. The Morgan fingerprint density at radius 3 is 3.11 bits per heavy atom. The molecule has 1 aromatic heterocycles. The zero-order valence-corrected chi connectivity index (χ0v) is 10.5. The van der Waals surface area contributed by atoms with Gasteiger partial charge in [-0.15, -0.1) is 0 Å². The first kappa shape index (κ1) is 11.5. The van der Waals surface area contributed by atoms with Crippen LogP contribution in [0, 0.1) is 5.82 Å². The second-order valence-corrected chi connectivity index (χ2v) is 4.90. The van der Waals surface area contributed by atoms with Gasteiger partial charge in [0.25, 0.3) is 0 Å². The minimum Gasteiger partial charge on any atom is -0.493 e. The molecule has 3 rings (SSSR count). The number of likely N-dealkylation sites (N-methyl/N-ethyl adjacent to an activating group) is 1. The minimum absolute atomic E-state index is 0.250. The van der Waals surface area contributed by atoms with Gasteiger partial charge < -0.3 is 14.6 Å². The second kappa shape index (κ2) is 4.61. The van der Waals surface area contributed by atoms with Crippen molar-refractivity contribution >= 4 is 10.9 Å². The van der Waals surface area contributed by atoms with Crippen molar-refractivity contribution in [2.45, 2.75) is 12.8 Å². The summed E-state index contributed by atoms with van der Waals surface area (Å²) in [7, 11) is 2.12. The molecule has 0 saturated heterocycles. The lowest BCUT2D eigenvalue weighted by molar-refractivity contribution is 0.262. The number of ether oxygens (including phenoxy) is 1. The summed E-state index contributed by atoms with van der Waals surface area (Å²) in [4.78, 5) is 5.44. The molecule has 0 aliphatic carbocycles. The molecule has 1 N–H and O–H groups in total. The Morgan fingerprint density at radius 2 is 2.22 bits per heavy atom. The highest BCUT2D eigenvalue weighted by Crippen LogP contribution is 2.31. The van der Waals surface area contributed by atoms with E-state index >= 15 is 0 Å². The molecule has 0 spiro atoms. The number of hydrogen-bond donors (Lipinski definition) is 1.